The number of aromatic nitrogens is 1. The molecule has 0 aliphatic rings. The molecule has 1 N–H and O–H groups in total. The number of nitrogens with one attached hydrogen (secondary N) is 1. The number of H-pyrrole nitrogens is 1. The van der Waals surface area contributed by atoms with Crippen molar-refractivity contribution in [1.82, 2.24) is 4.98 Å². The maximum Gasteiger partial charge on any atom is 0.0606 e. The third-order valence-corrected chi connectivity index (χ3v) is 2.19. The van der Waals surface area contributed by atoms with Crippen LogP contribution in [0, 0.1) is 6.92 Å². The second kappa shape index (κ2) is 2.83. The summed E-state index contributed by atoms with van der Waals surface area (Å²) in [5.41, 5.74) is 2.18. The van der Waals surface area contributed by atoms with Crippen molar-refractivity contribution < 1.29 is 0 Å². The van der Waals surface area contributed by atoms with Gasteiger partial charge in [0.1, 0.15) is 0 Å². The maximum atomic E-state index is 5.89. The quantitative estimate of drug-likeness (QED) is 0.646. The normalized spacial score (nSPS) is 13.5. The summed E-state index contributed by atoms with van der Waals surface area (Å²) < 4.78 is 0. The summed E-state index contributed by atoms with van der Waals surface area (Å²) in [4.78, 5) is 3.15. The number of alkyl halides is 1. The molecule has 2 aromatic rings. The summed E-state index contributed by atoms with van der Waals surface area (Å²) in [6, 6.07) is 8.06. The van der Waals surface area contributed by atoms with E-state index in [2.05, 4.69) is 11.9 Å². The molecule has 2 rings (SSSR count). The van der Waals surface area contributed by atoms with E-state index in [9.17, 15) is 0 Å². The highest BCUT2D eigenvalue weighted by molar-refractivity contribution is 6.22. The Labute approximate surface area is 76.4 Å². The summed E-state index contributed by atoms with van der Waals surface area (Å²) in [5.74, 6) is 0. The van der Waals surface area contributed by atoms with Crippen molar-refractivity contribution in [1.29, 1.82) is 0 Å². The van der Waals surface area contributed by atoms with Gasteiger partial charge in [0.2, 0.25) is 0 Å². The second-order valence-electron chi connectivity index (χ2n) is 2.76. The van der Waals surface area contributed by atoms with E-state index in [0.29, 0.717) is 0 Å². The molecule has 0 fully saturated rings. The smallest absolute Gasteiger partial charge is 0.0606 e. The Balaban J connectivity index is 2.70. The van der Waals surface area contributed by atoms with Gasteiger partial charge < -0.3 is 4.98 Å². The van der Waals surface area contributed by atoms with Gasteiger partial charge in [-0.3, -0.25) is 0 Å². The number of benzene rings is 1. The molecule has 1 aromatic carbocycles. The Morgan fingerprint density at radius 3 is 2.83 bits per heavy atom. The first-order chi connectivity index (χ1) is 5.79. The van der Waals surface area contributed by atoms with Gasteiger partial charge in [0, 0.05) is 17.1 Å². The molecule has 0 amide bonds. The van der Waals surface area contributed by atoms with Crippen LogP contribution in [0.25, 0.3) is 10.9 Å². The first kappa shape index (κ1) is 7.69. The number of aromatic amines is 1. The molecule has 0 bridgehead atoms. The van der Waals surface area contributed by atoms with Crippen molar-refractivity contribution >= 4 is 22.5 Å². The zero-order valence-electron chi connectivity index (χ0n) is 6.55. The summed E-state index contributed by atoms with van der Waals surface area (Å²) in [6.45, 7) is 3.78. The lowest BCUT2D eigenvalue weighted by Crippen LogP contribution is -1.79. The van der Waals surface area contributed by atoms with Crippen LogP contribution < -0.4 is 0 Å². The molecular weight excluding hydrogens is 170 g/mol. The van der Waals surface area contributed by atoms with E-state index in [1.165, 1.54) is 0 Å². The molecule has 1 unspecified atom stereocenters. The molecule has 1 heterocycles. The first-order valence-corrected chi connectivity index (χ1v) is 4.26. The van der Waals surface area contributed by atoms with Crippen LogP contribution in [0.4, 0.5) is 0 Å². The molecule has 1 radical (unpaired) electrons. The average molecular weight is 179 g/mol. The van der Waals surface area contributed by atoms with Crippen LogP contribution in [0.1, 0.15) is 10.9 Å². The third kappa shape index (κ3) is 1.10. The number of rotatable bonds is 1. The van der Waals surface area contributed by atoms with E-state index in [4.69, 9.17) is 11.6 Å². The molecule has 61 valence electrons. The van der Waals surface area contributed by atoms with Crippen molar-refractivity contribution in [2.45, 2.75) is 5.38 Å². The summed E-state index contributed by atoms with van der Waals surface area (Å²) in [5, 5.41) is 0.980. The van der Waals surface area contributed by atoms with E-state index >= 15 is 0 Å². The molecule has 0 saturated heterocycles. The van der Waals surface area contributed by atoms with Crippen LogP contribution in [0.3, 0.4) is 0 Å². The van der Waals surface area contributed by atoms with Gasteiger partial charge >= 0.3 is 0 Å². The monoisotopic (exact) mass is 178 g/mol. The zero-order valence-corrected chi connectivity index (χ0v) is 7.31. The standard InChI is InChI=1S/C10H9ClN/c1-7(11)9-6-12-10-5-3-2-4-8(9)10/h2-7,12H,1H2. The highest BCUT2D eigenvalue weighted by atomic mass is 35.5. The Bertz CT molecular complexity index is 389. The van der Waals surface area contributed by atoms with Crippen molar-refractivity contribution in [3.05, 3.63) is 42.9 Å². The molecule has 12 heavy (non-hydrogen) atoms. The minimum atomic E-state index is -0.179. The molecule has 1 atom stereocenters. The Morgan fingerprint density at radius 1 is 1.33 bits per heavy atom. The van der Waals surface area contributed by atoms with Gasteiger partial charge in [0.05, 0.1) is 5.38 Å². The highest BCUT2D eigenvalue weighted by Gasteiger charge is 2.06. The third-order valence-electron chi connectivity index (χ3n) is 1.96. The van der Waals surface area contributed by atoms with Crippen LogP contribution in [-0.4, -0.2) is 4.98 Å². The lowest BCUT2D eigenvalue weighted by Gasteiger charge is -1.98. The second-order valence-corrected chi connectivity index (χ2v) is 3.28. The highest BCUT2D eigenvalue weighted by Crippen LogP contribution is 2.26. The van der Waals surface area contributed by atoms with Gasteiger partial charge in [-0.15, -0.1) is 11.6 Å². The molecular formula is C10H9ClN. The minimum Gasteiger partial charge on any atom is -0.361 e. The van der Waals surface area contributed by atoms with Crippen LogP contribution >= 0.6 is 11.6 Å². The van der Waals surface area contributed by atoms with Crippen LogP contribution in [0.15, 0.2) is 30.5 Å². The minimum absolute atomic E-state index is 0.179. The van der Waals surface area contributed by atoms with Crippen molar-refractivity contribution in [3.8, 4) is 0 Å². The molecule has 0 spiro atoms. The maximum absolute atomic E-state index is 5.89. The van der Waals surface area contributed by atoms with Gasteiger partial charge in [-0.1, -0.05) is 18.2 Å². The predicted octanol–water partition coefficient (Wildman–Crippen LogP) is 3.28. The van der Waals surface area contributed by atoms with Crippen molar-refractivity contribution in [2.24, 2.45) is 0 Å². The van der Waals surface area contributed by atoms with E-state index in [0.717, 1.165) is 16.5 Å². The SMILES string of the molecule is [CH2]C(Cl)c1c[nH]c2ccccc12. The Kier molecular flexibility index (Phi) is 1.81. The van der Waals surface area contributed by atoms with Gasteiger partial charge in [-0.2, -0.15) is 0 Å². The van der Waals surface area contributed by atoms with Gasteiger partial charge in [-0.25, -0.2) is 0 Å². The van der Waals surface area contributed by atoms with Crippen LogP contribution in [0.2, 0.25) is 0 Å². The Morgan fingerprint density at radius 2 is 2.08 bits per heavy atom. The van der Waals surface area contributed by atoms with Gasteiger partial charge in [-0.05, 0) is 18.6 Å². The van der Waals surface area contributed by atoms with Crippen LogP contribution in [-0.2, 0) is 0 Å². The van der Waals surface area contributed by atoms with E-state index in [1.807, 2.05) is 30.5 Å². The molecule has 0 saturated carbocycles. The van der Waals surface area contributed by atoms with Crippen LogP contribution in [0.5, 0.6) is 0 Å². The topological polar surface area (TPSA) is 15.8 Å². The van der Waals surface area contributed by atoms with Crippen molar-refractivity contribution in [3.63, 3.8) is 0 Å². The fourth-order valence-corrected chi connectivity index (χ4v) is 1.53. The largest absolute Gasteiger partial charge is 0.361 e. The van der Waals surface area contributed by atoms with Gasteiger partial charge in [0.15, 0.2) is 0 Å². The van der Waals surface area contributed by atoms with Crippen molar-refractivity contribution in [2.75, 3.05) is 0 Å². The van der Waals surface area contributed by atoms with E-state index < -0.39 is 0 Å². The Hall–Kier alpha value is -0.950. The summed E-state index contributed by atoms with van der Waals surface area (Å²) in [6.07, 6.45) is 1.91. The average Bonchev–Trinajstić information content (AvgIpc) is 2.47. The van der Waals surface area contributed by atoms with E-state index in [-0.39, 0.29) is 5.38 Å². The zero-order chi connectivity index (χ0) is 8.55. The molecule has 2 heteroatoms. The van der Waals surface area contributed by atoms with E-state index in [1.54, 1.807) is 0 Å². The summed E-state index contributed by atoms with van der Waals surface area (Å²) >= 11 is 5.89. The summed E-state index contributed by atoms with van der Waals surface area (Å²) in [7, 11) is 0. The predicted molar refractivity (Wildman–Crippen MR) is 52.2 cm³/mol. The fourth-order valence-electron chi connectivity index (χ4n) is 1.35. The fraction of sp³-hybridized carbons (Fsp3) is 0.100. The number of fused-ring (bicyclic) bond motifs is 1. The number of halogens is 1. The van der Waals surface area contributed by atoms with Gasteiger partial charge in [0.25, 0.3) is 0 Å². The number of para-hydroxylation sites is 1. The molecule has 0 aliphatic heterocycles. The molecule has 1 aromatic heterocycles. The number of hydrogen-bond donors (Lipinski definition) is 1. The lowest BCUT2D eigenvalue weighted by molar-refractivity contribution is 1.23. The lowest BCUT2D eigenvalue weighted by atomic mass is 10.1. The first-order valence-electron chi connectivity index (χ1n) is 3.82. The molecule has 1 nitrogen and oxygen atoms in total. The molecule has 0 aliphatic carbocycles. The number of hydrogen-bond acceptors (Lipinski definition) is 0.